The van der Waals surface area contributed by atoms with Crippen LogP contribution in [0.3, 0.4) is 0 Å². The van der Waals surface area contributed by atoms with Crippen LogP contribution < -0.4 is 9.80 Å². The number of anilines is 2. The van der Waals surface area contributed by atoms with Gasteiger partial charge in [0, 0.05) is 24.3 Å². The molecule has 0 radical (unpaired) electrons. The first-order chi connectivity index (χ1) is 23.2. The van der Waals surface area contributed by atoms with E-state index in [0.29, 0.717) is 11.1 Å². The number of hydrogen-bond acceptors (Lipinski definition) is 10. The minimum Gasteiger partial charge on any atom is -0.274 e. The van der Waals surface area contributed by atoms with Crippen molar-refractivity contribution >= 4 is 46.4 Å². The van der Waals surface area contributed by atoms with Gasteiger partial charge in [0.15, 0.2) is 0 Å². The molecule has 4 fully saturated rings. The number of hydrazine groups is 1. The van der Waals surface area contributed by atoms with Crippen molar-refractivity contribution in [1.29, 1.82) is 0 Å². The second-order valence-corrected chi connectivity index (χ2v) is 12.0. The Bertz CT molecular complexity index is 1880. The molecule has 4 aliphatic rings. The predicted octanol–water partition coefficient (Wildman–Crippen LogP) is 3.95. The highest BCUT2D eigenvalue weighted by Gasteiger charge is 2.73. The summed E-state index contributed by atoms with van der Waals surface area (Å²) in [6, 6.07) is 24.4. The molecule has 8 rings (SSSR count). The summed E-state index contributed by atoms with van der Waals surface area (Å²) >= 11 is 0. The van der Waals surface area contributed by atoms with Gasteiger partial charge >= 0.3 is 0 Å². The smallest absolute Gasteiger partial charge is 0.269 e. The zero-order chi connectivity index (χ0) is 33.4. The standard InChI is InChI=1S/C34H24N6O8/c41-31-25-27(19-7-3-1-4-8-19)37-30-26(32(42)36(34(30)44)22-13-17-24(18-14-22)40(47)48)28(20-9-5-2-6-10-20)38(37)29(25)33(43)35(31)21-11-15-23(16-12-21)39(45)46/h1-18,25-30H/t25-,26-,27-,28+,29+,30-/m1/s1. The number of fused-ring (bicyclic) bond motifs is 5. The summed E-state index contributed by atoms with van der Waals surface area (Å²) in [6.45, 7) is 0. The SMILES string of the molecule is O=C1[C@H]2[C@@H](C(=O)N1c1ccc([N+](=O)[O-])cc1)N1[C@@H](c3ccccc3)[C@H]3C(=O)N(c4ccc([N+](=O)[O-])cc4)C(=O)[C@@H]3N1[C@@H]2c1ccccc1. The average Bonchev–Trinajstić information content (AvgIpc) is 3.77. The molecular formula is C34H24N6O8. The van der Waals surface area contributed by atoms with Gasteiger partial charge in [-0.05, 0) is 35.4 Å². The van der Waals surface area contributed by atoms with Crippen molar-refractivity contribution < 1.29 is 29.0 Å². The molecule has 4 aromatic rings. The largest absolute Gasteiger partial charge is 0.274 e. The monoisotopic (exact) mass is 644 g/mol. The van der Waals surface area contributed by atoms with E-state index in [0.717, 1.165) is 9.80 Å². The Kier molecular flexibility index (Phi) is 6.54. The number of carbonyl (C=O) groups excluding carboxylic acids is 4. The summed E-state index contributed by atoms with van der Waals surface area (Å²) in [6.07, 6.45) is 0. The molecule has 0 bridgehead atoms. The average molecular weight is 645 g/mol. The summed E-state index contributed by atoms with van der Waals surface area (Å²) in [5.74, 6) is -4.19. The van der Waals surface area contributed by atoms with Crippen LogP contribution in [0.4, 0.5) is 22.7 Å². The van der Waals surface area contributed by atoms with Crippen LogP contribution in [0.15, 0.2) is 109 Å². The highest BCUT2D eigenvalue weighted by atomic mass is 16.6. The zero-order valence-electron chi connectivity index (χ0n) is 24.8. The van der Waals surface area contributed by atoms with E-state index in [2.05, 4.69) is 0 Å². The minimum atomic E-state index is -1.10. The number of hydrogen-bond donors (Lipinski definition) is 0. The molecule has 4 aliphatic heterocycles. The van der Waals surface area contributed by atoms with Crippen LogP contribution in [-0.4, -0.2) is 55.6 Å². The highest BCUT2D eigenvalue weighted by Crippen LogP contribution is 2.59. The van der Waals surface area contributed by atoms with Gasteiger partial charge in [-0.15, -0.1) is 0 Å². The molecule has 0 saturated carbocycles. The maximum atomic E-state index is 14.4. The molecule has 0 aromatic heterocycles. The molecule has 0 aliphatic carbocycles. The molecule has 4 aromatic carbocycles. The highest BCUT2D eigenvalue weighted by molar-refractivity contribution is 6.26. The van der Waals surface area contributed by atoms with E-state index in [1.165, 1.54) is 48.5 Å². The van der Waals surface area contributed by atoms with Crippen LogP contribution >= 0.6 is 0 Å². The number of amides is 4. The van der Waals surface area contributed by atoms with Gasteiger partial charge < -0.3 is 0 Å². The molecule has 0 spiro atoms. The number of nitrogens with zero attached hydrogens (tertiary/aromatic N) is 6. The summed E-state index contributed by atoms with van der Waals surface area (Å²) in [7, 11) is 0. The lowest BCUT2D eigenvalue weighted by Crippen LogP contribution is -2.50. The van der Waals surface area contributed by atoms with Crippen LogP contribution in [0, 0.1) is 32.1 Å². The Hall–Kier alpha value is -6.12. The molecule has 14 heteroatoms. The molecule has 4 saturated heterocycles. The molecule has 0 N–H and O–H groups in total. The molecule has 0 unspecified atom stereocenters. The van der Waals surface area contributed by atoms with E-state index >= 15 is 0 Å². The second kappa shape index (κ2) is 10.7. The maximum absolute atomic E-state index is 14.4. The number of imide groups is 2. The first-order valence-corrected chi connectivity index (χ1v) is 15.1. The number of nitro groups is 2. The van der Waals surface area contributed by atoms with Crippen molar-refractivity contribution in [2.75, 3.05) is 9.80 Å². The first-order valence-electron chi connectivity index (χ1n) is 15.1. The van der Waals surface area contributed by atoms with Crippen LogP contribution in [0.25, 0.3) is 0 Å². The van der Waals surface area contributed by atoms with Gasteiger partial charge in [-0.1, -0.05) is 60.7 Å². The number of non-ortho nitro benzene ring substituents is 2. The third-order valence-corrected chi connectivity index (χ3v) is 9.64. The van der Waals surface area contributed by atoms with Gasteiger partial charge in [0.25, 0.3) is 23.2 Å². The fourth-order valence-corrected chi connectivity index (χ4v) is 7.75. The van der Waals surface area contributed by atoms with E-state index < -0.39 is 69.5 Å². The minimum absolute atomic E-state index is 0.176. The molecule has 238 valence electrons. The molecule has 48 heavy (non-hydrogen) atoms. The van der Waals surface area contributed by atoms with E-state index in [4.69, 9.17) is 0 Å². The molecule has 14 nitrogen and oxygen atoms in total. The Morgan fingerprint density at radius 1 is 0.438 bits per heavy atom. The Labute approximate surface area is 271 Å². The topological polar surface area (TPSA) is 168 Å². The molecule has 4 heterocycles. The lowest BCUT2D eigenvalue weighted by Gasteiger charge is -2.35. The molecule has 4 amide bonds. The van der Waals surface area contributed by atoms with Crippen molar-refractivity contribution in [3.8, 4) is 0 Å². The normalized spacial score (nSPS) is 26.6. The Morgan fingerprint density at radius 2 is 0.771 bits per heavy atom. The van der Waals surface area contributed by atoms with Gasteiger partial charge in [0.2, 0.25) is 11.8 Å². The molecule has 6 atom stereocenters. The summed E-state index contributed by atoms with van der Waals surface area (Å²) in [5.41, 5.74) is 1.27. The Balaban J connectivity index is 1.28. The summed E-state index contributed by atoms with van der Waals surface area (Å²) in [5, 5.41) is 26.0. The zero-order valence-corrected chi connectivity index (χ0v) is 24.8. The van der Waals surface area contributed by atoms with E-state index in [1.54, 1.807) is 70.7 Å². The third-order valence-electron chi connectivity index (χ3n) is 9.64. The van der Waals surface area contributed by atoms with Crippen LogP contribution in [-0.2, 0) is 19.2 Å². The fourth-order valence-electron chi connectivity index (χ4n) is 7.75. The lowest BCUT2D eigenvalue weighted by atomic mass is 9.84. The van der Waals surface area contributed by atoms with Gasteiger partial charge in [0.05, 0.1) is 45.1 Å². The Morgan fingerprint density at radius 3 is 1.08 bits per heavy atom. The number of rotatable bonds is 6. The van der Waals surface area contributed by atoms with Crippen molar-refractivity contribution in [3.05, 3.63) is 141 Å². The fraction of sp³-hybridized carbons (Fsp3) is 0.176. The van der Waals surface area contributed by atoms with Gasteiger partial charge in [-0.25, -0.2) is 19.8 Å². The second-order valence-electron chi connectivity index (χ2n) is 12.0. The number of nitro benzene ring substituents is 2. The van der Waals surface area contributed by atoms with Gasteiger partial charge in [-0.3, -0.25) is 39.4 Å². The van der Waals surface area contributed by atoms with Crippen molar-refractivity contribution in [3.63, 3.8) is 0 Å². The number of carbonyl (C=O) groups is 4. The predicted molar refractivity (Wildman–Crippen MR) is 168 cm³/mol. The maximum Gasteiger partial charge on any atom is 0.269 e. The number of benzene rings is 4. The van der Waals surface area contributed by atoms with Gasteiger partial charge in [0.1, 0.15) is 12.1 Å². The van der Waals surface area contributed by atoms with Crippen molar-refractivity contribution in [1.82, 2.24) is 10.0 Å². The van der Waals surface area contributed by atoms with Gasteiger partial charge in [-0.2, -0.15) is 0 Å². The van der Waals surface area contributed by atoms with E-state index in [1.807, 2.05) is 0 Å². The van der Waals surface area contributed by atoms with E-state index in [-0.39, 0.29) is 22.7 Å². The summed E-state index contributed by atoms with van der Waals surface area (Å²) in [4.78, 5) is 81.1. The van der Waals surface area contributed by atoms with Crippen LogP contribution in [0.5, 0.6) is 0 Å². The van der Waals surface area contributed by atoms with E-state index in [9.17, 15) is 39.4 Å². The summed E-state index contributed by atoms with van der Waals surface area (Å²) < 4.78 is 0. The third kappa shape index (κ3) is 4.06. The van der Waals surface area contributed by atoms with Crippen LogP contribution in [0.1, 0.15) is 23.2 Å². The van der Waals surface area contributed by atoms with Crippen molar-refractivity contribution in [2.45, 2.75) is 24.2 Å². The quantitative estimate of drug-likeness (QED) is 0.170. The van der Waals surface area contributed by atoms with Crippen molar-refractivity contribution in [2.24, 2.45) is 11.8 Å². The molecular weight excluding hydrogens is 620 g/mol. The lowest BCUT2D eigenvalue weighted by molar-refractivity contribution is -0.385. The van der Waals surface area contributed by atoms with Crippen LogP contribution in [0.2, 0.25) is 0 Å². The first kappa shape index (κ1) is 29.3.